The summed E-state index contributed by atoms with van der Waals surface area (Å²) in [5, 5.41) is 15.9. The largest absolute Gasteiger partial charge is 0.382 e. The van der Waals surface area contributed by atoms with Crippen LogP contribution in [0.15, 0.2) is 91.1 Å². The lowest BCUT2D eigenvalue weighted by molar-refractivity contribution is -0.130. The molecule has 0 spiro atoms. The molecule has 0 fully saturated rings. The molecule has 0 heterocycles. The summed E-state index contributed by atoms with van der Waals surface area (Å²) in [6.45, 7) is 10.2. The zero-order valence-electron chi connectivity index (χ0n) is 23.1. The fourth-order valence-electron chi connectivity index (χ4n) is 3.98. The highest BCUT2D eigenvalue weighted by Gasteiger charge is 2.26. The maximum atomic E-state index is 13.5. The zero-order chi connectivity index (χ0) is 29.9. The van der Waals surface area contributed by atoms with Crippen LogP contribution in [0.5, 0.6) is 0 Å². The van der Waals surface area contributed by atoms with Crippen molar-refractivity contribution in [3.8, 4) is 11.1 Å². The second kappa shape index (κ2) is 15.2. The van der Waals surface area contributed by atoms with E-state index in [9.17, 15) is 23.5 Å². The summed E-state index contributed by atoms with van der Waals surface area (Å²) in [4.78, 5) is 24.9. The van der Waals surface area contributed by atoms with Crippen LogP contribution in [0.3, 0.4) is 0 Å². The van der Waals surface area contributed by atoms with Gasteiger partial charge in [-0.3, -0.25) is 9.59 Å². The number of hydrogen-bond donors (Lipinski definition) is 5. The monoisotopic (exact) mass is 554 g/mol. The lowest BCUT2D eigenvalue weighted by Crippen LogP contribution is -2.50. The summed E-state index contributed by atoms with van der Waals surface area (Å²) in [6.07, 6.45) is -0.403. The molecule has 2 aromatic rings. The van der Waals surface area contributed by atoms with E-state index in [1.807, 2.05) is 68.4 Å². The number of benzene rings is 2. The van der Waals surface area contributed by atoms with E-state index in [0.717, 1.165) is 22.8 Å². The Hall–Kier alpha value is -3.66. The zero-order valence-corrected chi connectivity index (χ0v) is 23.1. The van der Waals surface area contributed by atoms with Gasteiger partial charge in [0.2, 0.25) is 11.8 Å². The number of halogens is 2. The van der Waals surface area contributed by atoms with Gasteiger partial charge in [0.1, 0.15) is 17.8 Å². The fraction of sp³-hybridized carbons (Fsp3) is 0.355. The first-order valence-corrected chi connectivity index (χ1v) is 13.0. The molecular weight excluding hydrogens is 514 g/mol. The summed E-state index contributed by atoms with van der Waals surface area (Å²) < 4.78 is 26.5. The molecule has 0 bridgehead atoms. The van der Waals surface area contributed by atoms with Crippen molar-refractivity contribution in [2.75, 3.05) is 13.1 Å². The van der Waals surface area contributed by atoms with Crippen LogP contribution in [0.25, 0.3) is 11.1 Å². The first-order valence-electron chi connectivity index (χ1n) is 13.0. The van der Waals surface area contributed by atoms with E-state index >= 15 is 0 Å². The second-order valence-electron chi connectivity index (χ2n) is 10.7. The minimum absolute atomic E-state index is 0.0585. The van der Waals surface area contributed by atoms with Crippen LogP contribution in [-0.4, -0.2) is 48.2 Å². The number of aliphatic hydroxyl groups is 1. The van der Waals surface area contributed by atoms with Gasteiger partial charge in [-0.25, -0.2) is 8.78 Å². The Balaban J connectivity index is 1.79. The van der Waals surface area contributed by atoms with Gasteiger partial charge >= 0.3 is 0 Å². The van der Waals surface area contributed by atoms with Crippen LogP contribution in [-0.2, 0) is 16.0 Å². The second-order valence-corrected chi connectivity index (χ2v) is 10.7. The van der Waals surface area contributed by atoms with E-state index < -0.39 is 41.2 Å². The Bertz CT molecular complexity index is 1200. The number of nitrogens with one attached hydrogen (secondary N) is 2. The van der Waals surface area contributed by atoms with Crippen LogP contribution in [0, 0.1) is 5.41 Å². The molecule has 216 valence electrons. The summed E-state index contributed by atoms with van der Waals surface area (Å²) in [5.74, 6) is -2.66. The van der Waals surface area contributed by atoms with Gasteiger partial charge in [-0.2, -0.15) is 0 Å². The van der Waals surface area contributed by atoms with Crippen molar-refractivity contribution in [1.82, 2.24) is 10.6 Å². The molecule has 0 aliphatic carbocycles. The van der Waals surface area contributed by atoms with Gasteiger partial charge in [-0.05, 0) is 46.6 Å². The van der Waals surface area contributed by atoms with Crippen molar-refractivity contribution in [2.45, 2.75) is 51.3 Å². The van der Waals surface area contributed by atoms with Crippen molar-refractivity contribution < 1.29 is 23.5 Å². The topological polar surface area (TPSA) is 130 Å². The molecular formula is C31H40F2N4O3. The van der Waals surface area contributed by atoms with Gasteiger partial charge in [-0.15, -0.1) is 0 Å². The Morgan fingerprint density at radius 2 is 1.52 bits per heavy atom. The molecule has 0 aliphatic rings. The van der Waals surface area contributed by atoms with Crippen LogP contribution in [0.1, 0.15) is 32.3 Å². The SMILES string of the molecule is C=C(F)/C=C(/CC(N)CC(=O)NCC(C)(C)CNC(=O)C(O)C(N)Cc1ccc(-c2ccccc2)cc1)C(=C)F. The number of carbonyl (C=O) groups excluding carboxylic acids is 2. The van der Waals surface area contributed by atoms with Gasteiger partial charge in [0.25, 0.3) is 0 Å². The number of allylic oxidation sites excluding steroid dienone is 3. The minimum Gasteiger partial charge on any atom is -0.382 e. The Morgan fingerprint density at radius 3 is 2.10 bits per heavy atom. The highest BCUT2D eigenvalue weighted by Crippen LogP contribution is 2.21. The van der Waals surface area contributed by atoms with Crippen molar-refractivity contribution >= 4 is 11.8 Å². The number of nitrogens with two attached hydrogens (primary N) is 2. The molecule has 9 heteroatoms. The number of rotatable bonds is 15. The molecule has 7 nitrogen and oxygen atoms in total. The van der Waals surface area contributed by atoms with E-state index in [1.165, 1.54) is 0 Å². The molecule has 0 saturated carbocycles. The molecule has 0 saturated heterocycles. The number of hydrogen-bond acceptors (Lipinski definition) is 5. The third-order valence-corrected chi connectivity index (χ3v) is 6.32. The van der Waals surface area contributed by atoms with Gasteiger partial charge in [0.05, 0.1) is 0 Å². The van der Waals surface area contributed by atoms with E-state index in [4.69, 9.17) is 11.5 Å². The van der Waals surface area contributed by atoms with Gasteiger partial charge in [0.15, 0.2) is 0 Å². The normalized spacial score (nSPS) is 14.1. The molecule has 0 aliphatic heterocycles. The predicted octanol–water partition coefficient (Wildman–Crippen LogP) is 3.84. The maximum Gasteiger partial charge on any atom is 0.250 e. The molecule has 0 radical (unpaired) electrons. The lowest BCUT2D eigenvalue weighted by Gasteiger charge is -2.27. The standard InChI is InChI=1S/C31H40F2N4O3/c1-20(32)14-25(21(2)33)16-26(34)17-28(38)36-18-31(3,4)19-37-30(40)29(39)27(35)15-22-10-12-24(13-11-22)23-8-6-5-7-9-23/h5-14,26-27,29,39H,1-2,15-19,34-35H2,3-4H3,(H,36,38)(H,37,40)/b25-14-. The first-order chi connectivity index (χ1) is 18.8. The van der Waals surface area contributed by atoms with Crippen molar-refractivity contribution in [3.05, 3.63) is 96.6 Å². The van der Waals surface area contributed by atoms with Crippen molar-refractivity contribution in [2.24, 2.45) is 16.9 Å². The molecule has 3 unspecified atom stereocenters. The average Bonchev–Trinajstić information content (AvgIpc) is 2.90. The van der Waals surface area contributed by atoms with Crippen molar-refractivity contribution in [3.63, 3.8) is 0 Å². The summed E-state index contributed by atoms with van der Waals surface area (Å²) in [6, 6.07) is 16.2. The third-order valence-electron chi connectivity index (χ3n) is 6.32. The Labute approximate surface area is 235 Å². The number of carbonyl (C=O) groups is 2. The highest BCUT2D eigenvalue weighted by atomic mass is 19.1. The quantitative estimate of drug-likeness (QED) is 0.214. The molecule has 3 atom stereocenters. The average molecular weight is 555 g/mol. The van der Waals surface area contributed by atoms with Crippen LogP contribution in [0.4, 0.5) is 8.78 Å². The third kappa shape index (κ3) is 11.2. The molecule has 40 heavy (non-hydrogen) atoms. The molecule has 0 aromatic heterocycles. The number of amides is 2. The molecule has 2 rings (SSSR count). The van der Waals surface area contributed by atoms with Gasteiger partial charge in [-0.1, -0.05) is 81.6 Å². The number of aliphatic hydroxyl groups excluding tert-OH is 1. The van der Waals surface area contributed by atoms with Crippen LogP contribution >= 0.6 is 0 Å². The smallest absolute Gasteiger partial charge is 0.250 e. The molecule has 2 aromatic carbocycles. The van der Waals surface area contributed by atoms with E-state index in [2.05, 4.69) is 23.8 Å². The van der Waals surface area contributed by atoms with E-state index in [1.54, 1.807) is 0 Å². The van der Waals surface area contributed by atoms with Gasteiger partial charge in [0, 0.05) is 31.6 Å². The Morgan fingerprint density at radius 1 is 0.950 bits per heavy atom. The Kier molecular flexibility index (Phi) is 12.4. The van der Waals surface area contributed by atoms with Crippen LogP contribution in [0.2, 0.25) is 0 Å². The van der Waals surface area contributed by atoms with Gasteiger partial charge < -0.3 is 27.2 Å². The molecule has 7 N–H and O–H groups in total. The van der Waals surface area contributed by atoms with E-state index in [0.29, 0.717) is 6.42 Å². The summed E-state index contributed by atoms with van der Waals surface area (Å²) >= 11 is 0. The first kappa shape index (κ1) is 32.6. The van der Waals surface area contributed by atoms with Crippen molar-refractivity contribution in [1.29, 1.82) is 0 Å². The highest BCUT2D eigenvalue weighted by molar-refractivity contribution is 5.81. The summed E-state index contributed by atoms with van der Waals surface area (Å²) in [7, 11) is 0. The predicted molar refractivity (Wildman–Crippen MR) is 155 cm³/mol. The fourth-order valence-corrected chi connectivity index (χ4v) is 3.98. The lowest BCUT2D eigenvalue weighted by atomic mass is 9.92. The minimum atomic E-state index is -1.41. The van der Waals surface area contributed by atoms with Crippen LogP contribution < -0.4 is 22.1 Å². The molecule has 2 amide bonds. The summed E-state index contributed by atoms with van der Waals surface area (Å²) in [5.41, 5.74) is 14.5. The maximum absolute atomic E-state index is 13.5. The van der Waals surface area contributed by atoms with E-state index in [-0.39, 0.29) is 37.4 Å².